The molecule has 0 radical (unpaired) electrons. The third-order valence-electron chi connectivity index (χ3n) is 4.26. The third kappa shape index (κ3) is 3.23. The van der Waals surface area contributed by atoms with E-state index in [4.69, 9.17) is 0 Å². The van der Waals surface area contributed by atoms with E-state index in [0.717, 1.165) is 0 Å². The quantitative estimate of drug-likeness (QED) is 0.928. The Bertz CT molecular complexity index is 560. The highest BCUT2D eigenvalue weighted by atomic mass is 19.1. The fourth-order valence-corrected chi connectivity index (χ4v) is 2.72. The number of hydrogen-bond donors (Lipinski definition) is 1. The first-order valence-electron chi connectivity index (χ1n) is 7.09. The highest BCUT2D eigenvalue weighted by Gasteiger charge is 2.42. The molecule has 1 aliphatic rings. The second-order valence-corrected chi connectivity index (χ2v) is 6.06. The van der Waals surface area contributed by atoms with Crippen LogP contribution in [0.1, 0.15) is 38.2 Å². The van der Waals surface area contributed by atoms with E-state index in [1.807, 2.05) is 6.92 Å². The molecule has 1 N–H and O–H groups in total. The van der Waals surface area contributed by atoms with Gasteiger partial charge in [-0.3, -0.25) is 9.59 Å². The fraction of sp³-hybridized carbons (Fsp3) is 0.500. The van der Waals surface area contributed by atoms with Crippen LogP contribution in [-0.4, -0.2) is 35.0 Å². The number of carbonyl (C=O) groups is 2. The number of carboxylic acids is 1. The van der Waals surface area contributed by atoms with E-state index < -0.39 is 11.4 Å². The van der Waals surface area contributed by atoms with Crippen LogP contribution >= 0.6 is 0 Å². The van der Waals surface area contributed by atoms with E-state index >= 15 is 0 Å². The van der Waals surface area contributed by atoms with Gasteiger partial charge in [0.1, 0.15) is 5.82 Å². The molecular formula is C16H20FNO3. The molecule has 114 valence electrons. The first-order valence-corrected chi connectivity index (χ1v) is 7.09. The number of carboxylic acid groups (broad SMARTS) is 1. The maximum atomic E-state index is 13.7. The zero-order valence-electron chi connectivity index (χ0n) is 12.3. The van der Waals surface area contributed by atoms with Crippen LogP contribution in [-0.2, 0) is 9.59 Å². The first kappa shape index (κ1) is 15.5. The number of rotatable bonds is 4. The predicted molar refractivity (Wildman–Crippen MR) is 76.4 cm³/mol. The fourth-order valence-electron chi connectivity index (χ4n) is 2.72. The van der Waals surface area contributed by atoms with Crippen molar-refractivity contribution in [3.8, 4) is 0 Å². The van der Waals surface area contributed by atoms with E-state index in [1.165, 1.54) is 6.07 Å². The topological polar surface area (TPSA) is 57.6 Å². The normalized spacial score (nSPS) is 23.1. The minimum Gasteiger partial charge on any atom is -0.481 e. The maximum absolute atomic E-state index is 13.7. The number of hydrogen-bond acceptors (Lipinski definition) is 2. The van der Waals surface area contributed by atoms with Crippen molar-refractivity contribution in [1.82, 2.24) is 4.90 Å². The molecule has 1 aromatic rings. The zero-order chi connectivity index (χ0) is 15.6. The van der Waals surface area contributed by atoms with Crippen LogP contribution in [0.25, 0.3) is 0 Å². The molecule has 0 aliphatic carbocycles. The van der Waals surface area contributed by atoms with Gasteiger partial charge in [0.05, 0.1) is 5.41 Å². The summed E-state index contributed by atoms with van der Waals surface area (Å²) in [6, 6.07) is 6.43. The number of carbonyl (C=O) groups excluding carboxylic acids is 1. The summed E-state index contributed by atoms with van der Waals surface area (Å²) in [5.74, 6) is -1.53. The Morgan fingerprint density at radius 1 is 1.43 bits per heavy atom. The highest BCUT2D eigenvalue weighted by Crippen LogP contribution is 2.31. The second kappa shape index (κ2) is 5.84. The van der Waals surface area contributed by atoms with E-state index in [2.05, 4.69) is 0 Å². The van der Waals surface area contributed by atoms with E-state index in [1.54, 1.807) is 30.0 Å². The summed E-state index contributed by atoms with van der Waals surface area (Å²) in [5.41, 5.74) is -0.345. The summed E-state index contributed by atoms with van der Waals surface area (Å²) in [6.45, 7) is 4.14. The van der Waals surface area contributed by atoms with Gasteiger partial charge >= 0.3 is 5.97 Å². The minimum atomic E-state index is -0.875. The Labute approximate surface area is 123 Å². The molecule has 0 bridgehead atoms. The zero-order valence-corrected chi connectivity index (χ0v) is 12.3. The number of nitrogens with zero attached hydrogens (tertiary/aromatic N) is 1. The minimum absolute atomic E-state index is 0.115. The monoisotopic (exact) mass is 293 g/mol. The predicted octanol–water partition coefficient (Wildman–Crippen LogP) is 2.64. The molecule has 4 nitrogen and oxygen atoms in total. The van der Waals surface area contributed by atoms with Gasteiger partial charge in [0, 0.05) is 19.5 Å². The van der Waals surface area contributed by atoms with E-state index in [9.17, 15) is 19.1 Å². The average Bonchev–Trinajstić information content (AvgIpc) is 2.83. The lowest BCUT2D eigenvalue weighted by Crippen LogP contribution is -2.35. The Hall–Kier alpha value is -1.91. The molecular weight excluding hydrogens is 273 g/mol. The van der Waals surface area contributed by atoms with Crippen LogP contribution in [0.3, 0.4) is 0 Å². The smallest absolute Gasteiger partial charge is 0.311 e. The third-order valence-corrected chi connectivity index (χ3v) is 4.26. The van der Waals surface area contributed by atoms with Gasteiger partial charge in [-0.05, 0) is 30.9 Å². The summed E-state index contributed by atoms with van der Waals surface area (Å²) >= 11 is 0. The van der Waals surface area contributed by atoms with Crippen molar-refractivity contribution in [3.63, 3.8) is 0 Å². The van der Waals surface area contributed by atoms with Crippen molar-refractivity contribution in [2.24, 2.45) is 5.41 Å². The SMILES string of the molecule is C[C@@H](CC(=O)N1CC[C@@](C)(C(=O)O)C1)c1ccccc1F. The summed E-state index contributed by atoms with van der Waals surface area (Å²) in [6.07, 6.45) is 0.652. The number of likely N-dealkylation sites (tertiary alicyclic amines) is 1. The lowest BCUT2D eigenvalue weighted by molar-refractivity contribution is -0.147. The Kier molecular flexibility index (Phi) is 4.30. The average molecular weight is 293 g/mol. The molecule has 1 aromatic carbocycles. The molecule has 1 saturated heterocycles. The van der Waals surface area contributed by atoms with Gasteiger partial charge in [-0.25, -0.2) is 4.39 Å². The van der Waals surface area contributed by atoms with Crippen molar-refractivity contribution in [3.05, 3.63) is 35.6 Å². The van der Waals surface area contributed by atoms with E-state index in [0.29, 0.717) is 18.5 Å². The molecule has 2 rings (SSSR count). The van der Waals surface area contributed by atoms with Crippen LogP contribution in [0.15, 0.2) is 24.3 Å². The Balaban J connectivity index is 2.00. The maximum Gasteiger partial charge on any atom is 0.311 e. The summed E-state index contributed by atoms with van der Waals surface area (Å²) in [7, 11) is 0. The van der Waals surface area contributed by atoms with Gasteiger partial charge in [-0.15, -0.1) is 0 Å². The van der Waals surface area contributed by atoms with Crippen molar-refractivity contribution < 1.29 is 19.1 Å². The molecule has 0 unspecified atom stereocenters. The molecule has 5 heteroatoms. The highest BCUT2D eigenvalue weighted by molar-refractivity contribution is 5.81. The van der Waals surface area contributed by atoms with Gasteiger partial charge < -0.3 is 10.0 Å². The van der Waals surface area contributed by atoms with E-state index in [-0.39, 0.29) is 30.6 Å². The largest absolute Gasteiger partial charge is 0.481 e. The second-order valence-electron chi connectivity index (χ2n) is 6.06. The van der Waals surface area contributed by atoms with Crippen molar-refractivity contribution in [1.29, 1.82) is 0 Å². The number of halogens is 1. The molecule has 0 spiro atoms. The molecule has 2 atom stereocenters. The Morgan fingerprint density at radius 2 is 2.10 bits per heavy atom. The van der Waals surface area contributed by atoms with Crippen LogP contribution in [0.4, 0.5) is 4.39 Å². The van der Waals surface area contributed by atoms with Gasteiger partial charge in [0.15, 0.2) is 0 Å². The van der Waals surface area contributed by atoms with Gasteiger partial charge in [-0.2, -0.15) is 0 Å². The van der Waals surface area contributed by atoms with Crippen LogP contribution < -0.4 is 0 Å². The molecule has 1 amide bonds. The summed E-state index contributed by atoms with van der Waals surface area (Å²) < 4.78 is 13.7. The lowest BCUT2D eigenvalue weighted by Gasteiger charge is -2.22. The number of amides is 1. The van der Waals surface area contributed by atoms with Gasteiger partial charge in [-0.1, -0.05) is 25.1 Å². The van der Waals surface area contributed by atoms with Crippen LogP contribution in [0, 0.1) is 11.2 Å². The summed E-state index contributed by atoms with van der Waals surface area (Å²) in [4.78, 5) is 25.0. The molecule has 0 aromatic heterocycles. The van der Waals surface area contributed by atoms with Gasteiger partial charge in [0.25, 0.3) is 0 Å². The Morgan fingerprint density at radius 3 is 2.67 bits per heavy atom. The van der Waals surface area contributed by atoms with Crippen LogP contribution in [0.2, 0.25) is 0 Å². The molecule has 21 heavy (non-hydrogen) atoms. The number of benzene rings is 1. The van der Waals surface area contributed by atoms with Crippen molar-refractivity contribution in [2.75, 3.05) is 13.1 Å². The summed E-state index contributed by atoms with van der Waals surface area (Å²) in [5, 5.41) is 9.18. The molecule has 1 aliphatic heterocycles. The molecule has 0 saturated carbocycles. The number of aliphatic carboxylic acids is 1. The van der Waals surface area contributed by atoms with Crippen molar-refractivity contribution in [2.45, 2.75) is 32.6 Å². The molecule has 1 fully saturated rings. The molecule has 1 heterocycles. The van der Waals surface area contributed by atoms with Gasteiger partial charge in [0.2, 0.25) is 5.91 Å². The lowest BCUT2D eigenvalue weighted by atomic mass is 9.90. The first-order chi connectivity index (χ1) is 9.83. The van der Waals surface area contributed by atoms with Crippen molar-refractivity contribution >= 4 is 11.9 Å². The standard InChI is InChI=1S/C16H20FNO3/c1-11(12-5-3-4-6-13(12)17)9-14(19)18-8-7-16(2,10-18)15(20)21/h3-6,11H,7-10H2,1-2H3,(H,20,21)/t11-,16+/m0/s1. The van der Waals surface area contributed by atoms with Crippen LogP contribution in [0.5, 0.6) is 0 Å².